The second-order valence-electron chi connectivity index (χ2n) is 8.51. The molecule has 0 N–H and O–H groups in total. The summed E-state index contributed by atoms with van der Waals surface area (Å²) in [5, 5.41) is 5.95. The summed E-state index contributed by atoms with van der Waals surface area (Å²) >= 11 is 0. The second-order valence-corrected chi connectivity index (χ2v) is 8.51. The Morgan fingerprint density at radius 3 is 2.38 bits per heavy atom. The number of hydrogen-bond acceptors (Lipinski definition) is 5. The van der Waals surface area contributed by atoms with Crippen LogP contribution in [0.25, 0.3) is 0 Å². The molecule has 0 saturated carbocycles. The van der Waals surface area contributed by atoms with Gasteiger partial charge in [-0.1, -0.05) is 30.3 Å². The van der Waals surface area contributed by atoms with E-state index in [1.165, 1.54) is 47.4 Å². The molecule has 1 aliphatic heterocycles. The Labute approximate surface area is 213 Å². The van der Waals surface area contributed by atoms with Gasteiger partial charge in [-0.3, -0.25) is 9.59 Å². The van der Waals surface area contributed by atoms with E-state index in [1.807, 2.05) is 12.1 Å². The number of ether oxygens (including phenoxy) is 2. The SMILES string of the molecule is COCCN(CC(=O)N1N=C(c2ccc(F)cc2)CC1c1ccc(OC)cc1)C(=O)c1cccc(F)c1. The van der Waals surface area contributed by atoms with Gasteiger partial charge in [-0.25, -0.2) is 13.8 Å². The Morgan fingerprint density at radius 1 is 1.00 bits per heavy atom. The van der Waals surface area contributed by atoms with Crippen LogP contribution in [-0.4, -0.2) is 61.4 Å². The monoisotopic (exact) mass is 507 g/mol. The van der Waals surface area contributed by atoms with Crippen LogP contribution in [0.3, 0.4) is 0 Å². The lowest BCUT2D eigenvalue weighted by Crippen LogP contribution is -2.42. The summed E-state index contributed by atoms with van der Waals surface area (Å²) in [7, 11) is 3.06. The van der Waals surface area contributed by atoms with Gasteiger partial charge in [-0.2, -0.15) is 5.10 Å². The maximum atomic E-state index is 13.8. The summed E-state index contributed by atoms with van der Waals surface area (Å²) in [6.07, 6.45) is 0.402. The number of halogens is 2. The average molecular weight is 508 g/mol. The van der Waals surface area contributed by atoms with Gasteiger partial charge in [0.2, 0.25) is 0 Å². The molecule has 3 aromatic carbocycles. The smallest absolute Gasteiger partial charge is 0.262 e. The topological polar surface area (TPSA) is 71.4 Å². The van der Waals surface area contributed by atoms with E-state index >= 15 is 0 Å². The molecule has 0 aliphatic carbocycles. The number of rotatable bonds is 9. The zero-order chi connectivity index (χ0) is 26.4. The Hall–Kier alpha value is -4.11. The average Bonchev–Trinajstić information content (AvgIpc) is 3.36. The van der Waals surface area contributed by atoms with E-state index in [-0.39, 0.29) is 31.1 Å². The molecule has 1 unspecified atom stereocenters. The van der Waals surface area contributed by atoms with Crippen molar-refractivity contribution in [2.45, 2.75) is 12.5 Å². The normalized spacial score (nSPS) is 14.9. The fraction of sp³-hybridized carbons (Fsp3) is 0.250. The first kappa shape index (κ1) is 26.0. The molecule has 4 rings (SSSR count). The molecule has 0 radical (unpaired) electrons. The fourth-order valence-corrected chi connectivity index (χ4v) is 4.14. The molecule has 7 nitrogen and oxygen atoms in total. The van der Waals surface area contributed by atoms with Crippen molar-refractivity contribution in [3.05, 3.63) is 101 Å². The van der Waals surface area contributed by atoms with Gasteiger partial charge in [0, 0.05) is 25.6 Å². The van der Waals surface area contributed by atoms with Crippen LogP contribution in [0.15, 0.2) is 77.9 Å². The van der Waals surface area contributed by atoms with Crippen molar-refractivity contribution >= 4 is 17.5 Å². The highest BCUT2D eigenvalue weighted by atomic mass is 19.1. The lowest BCUT2D eigenvalue weighted by molar-refractivity contribution is -0.133. The summed E-state index contributed by atoms with van der Waals surface area (Å²) in [5.74, 6) is -1.15. The highest BCUT2D eigenvalue weighted by molar-refractivity contribution is 6.03. The third-order valence-corrected chi connectivity index (χ3v) is 6.09. The standard InChI is InChI=1S/C28H27F2N3O4/c1-36-15-14-32(28(35)21-4-3-5-23(30)16-21)18-27(34)33-26(20-8-12-24(37-2)13-9-20)17-25(31-33)19-6-10-22(29)11-7-19/h3-13,16,26H,14-15,17-18H2,1-2H3. The predicted molar refractivity (Wildman–Crippen MR) is 134 cm³/mol. The van der Waals surface area contributed by atoms with Crippen LogP contribution in [0.5, 0.6) is 5.75 Å². The van der Waals surface area contributed by atoms with Gasteiger partial charge < -0.3 is 14.4 Å². The van der Waals surface area contributed by atoms with Crippen LogP contribution in [0.1, 0.15) is 33.9 Å². The van der Waals surface area contributed by atoms with Crippen molar-refractivity contribution < 1.29 is 27.8 Å². The summed E-state index contributed by atoms with van der Waals surface area (Å²) in [6.45, 7) is 0.0407. The van der Waals surface area contributed by atoms with Crippen LogP contribution in [0, 0.1) is 11.6 Å². The number of carbonyl (C=O) groups is 2. The molecule has 9 heteroatoms. The molecule has 192 valence electrons. The molecule has 1 aliphatic rings. The first-order chi connectivity index (χ1) is 17.9. The summed E-state index contributed by atoms with van der Waals surface area (Å²) in [6, 6.07) is 18.1. The van der Waals surface area contributed by atoms with Gasteiger partial charge in [-0.15, -0.1) is 0 Å². The molecule has 0 bridgehead atoms. The molecule has 0 saturated heterocycles. The molecule has 1 atom stereocenters. The number of methoxy groups -OCH3 is 2. The maximum Gasteiger partial charge on any atom is 0.262 e. The Bertz CT molecular complexity index is 1280. The van der Waals surface area contributed by atoms with E-state index in [2.05, 4.69) is 5.10 Å². The Morgan fingerprint density at radius 2 is 1.73 bits per heavy atom. The molecule has 2 amide bonds. The summed E-state index contributed by atoms with van der Waals surface area (Å²) in [4.78, 5) is 28.0. The first-order valence-electron chi connectivity index (χ1n) is 11.7. The predicted octanol–water partition coefficient (Wildman–Crippen LogP) is 4.44. The number of carbonyl (C=O) groups excluding carboxylic acids is 2. The summed E-state index contributed by atoms with van der Waals surface area (Å²) < 4.78 is 37.6. The van der Waals surface area contributed by atoms with Crippen molar-refractivity contribution in [3.63, 3.8) is 0 Å². The van der Waals surface area contributed by atoms with Crippen LogP contribution in [0.2, 0.25) is 0 Å². The third kappa shape index (κ3) is 6.18. The lowest BCUT2D eigenvalue weighted by atomic mass is 9.98. The molecule has 3 aromatic rings. The van der Waals surface area contributed by atoms with Crippen LogP contribution in [-0.2, 0) is 9.53 Å². The fourth-order valence-electron chi connectivity index (χ4n) is 4.14. The molecule has 0 spiro atoms. The second kappa shape index (κ2) is 11.7. The molecule has 0 aromatic heterocycles. The maximum absolute atomic E-state index is 13.8. The van der Waals surface area contributed by atoms with Gasteiger partial charge in [-0.05, 0) is 53.6 Å². The first-order valence-corrected chi connectivity index (χ1v) is 11.7. The number of nitrogens with zero attached hydrogens (tertiary/aromatic N) is 3. The highest BCUT2D eigenvalue weighted by Gasteiger charge is 2.34. The zero-order valence-electron chi connectivity index (χ0n) is 20.6. The third-order valence-electron chi connectivity index (χ3n) is 6.09. The molecule has 0 fully saturated rings. The van der Waals surface area contributed by atoms with Gasteiger partial charge in [0.15, 0.2) is 0 Å². The number of hydrogen-bond donors (Lipinski definition) is 0. The van der Waals surface area contributed by atoms with Crippen molar-refractivity contribution in [2.75, 3.05) is 33.9 Å². The van der Waals surface area contributed by atoms with E-state index in [0.29, 0.717) is 23.4 Å². The minimum absolute atomic E-state index is 0.132. The number of amides is 2. The van der Waals surface area contributed by atoms with Gasteiger partial charge in [0.25, 0.3) is 11.8 Å². The molecular formula is C28H27F2N3O4. The van der Waals surface area contributed by atoms with Crippen molar-refractivity contribution in [1.82, 2.24) is 9.91 Å². The van der Waals surface area contributed by atoms with E-state index in [4.69, 9.17) is 9.47 Å². The van der Waals surface area contributed by atoms with Crippen molar-refractivity contribution in [3.8, 4) is 5.75 Å². The highest BCUT2D eigenvalue weighted by Crippen LogP contribution is 2.34. The Kier molecular flexibility index (Phi) is 8.25. The van der Waals surface area contributed by atoms with Crippen LogP contribution >= 0.6 is 0 Å². The molecular weight excluding hydrogens is 480 g/mol. The quantitative estimate of drug-likeness (QED) is 0.429. The lowest BCUT2D eigenvalue weighted by Gasteiger charge is -2.27. The van der Waals surface area contributed by atoms with Crippen LogP contribution < -0.4 is 4.74 Å². The number of hydrazone groups is 1. The van der Waals surface area contributed by atoms with E-state index < -0.39 is 23.7 Å². The van der Waals surface area contributed by atoms with Crippen molar-refractivity contribution in [1.29, 1.82) is 0 Å². The Balaban J connectivity index is 1.63. The van der Waals surface area contributed by atoms with E-state index in [1.54, 1.807) is 31.4 Å². The minimum Gasteiger partial charge on any atom is -0.497 e. The van der Waals surface area contributed by atoms with Gasteiger partial charge in [0.05, 0.1) is 25.5 Å². The molecule has 37 heavy (non-hydrogen) atoms. The zero-order valence-corrected chi connectivity index (χ0v) is 20.6. The largest absolute Gasteiger partial charge is 0.497 e. The minimum atomic E-state index is -0.545. The van der Waals surface area contributed by atoms with Crippen LogP contribution in [0.4, 0.5) is 8.78 Å². The van der Waals surface area contributed by atoms with E-state index in [9.17, 15) is 18.4 Å². The molecule has 1 heterocycles. The number of benzene rings is 3. The summed E-state index contributed by atoms with van der Waals surface area (Å²) in [5.41, 5.74) is 2.28. The van der Waals surface area contributed by atoms with E-state index in [0.717, 1.165) is 11.6 Å². The van der Waals surface area contributed by atoms with Crippen molar-refractivity contribution in [2.24, 2.45) is 5.10 Å². The van der Waals surface area contributed by atoms with Gasteiger partial charge >= 0.3 is 0 Å². The van der Waals surface area contributed by atoms with Gasteiger partial charge in [0.1, 0.15) is 23.9 Å².